The molecule has 2 heterocycles. The van der Waals surface area contributed by atoms with Gasteiger partial charge in [0, 0.05) is 11.2 Å². The van der Waals surface area contributed by atoms with Crippen LogP contribution in [0.25, 0.3) is 11.0 Å². The van der Waals surface area contributed by atoms with Gasteiger partial charge in [-0.1, -0.05) is 29.8 Å². The molecule has 0 fully saturated rings. The third kappa shape index (κ3) is 4.32. The van der Waals surface area contributed by atoms with Crippen LogP contribution in [0.15, 0.2) is 71.8 Å². The zero-order valence-electron chi connectivity index (χ0n) is 15.4. The number of halogens is 2. The van der Waals surface area contributed by atoms with E-state index in [0.29, 0.717) is 11.0 Å². The van der Waals surface area contributed by atoms with E-state index in [9.17, 15) is 12.8 Å². The van der Waals surface area contributed by atoms with Gasteiger partial charge in [-0.25, -0.2) is 22.8 Å². The van der Waals surface area contributed by atoms with Gasteiger partial charge in [0.2, 0.25) is 0 Å². The van der Waals surface area contributed by atoms with Crippen LogP contribution in [0.3, 0.4) is 0 Å². The highest BCUT2D eigenvalue weighted by molar-refractivity contribution is 7.92. The van der Waals surface area contributed by atoms with Gasteiger partial charge in [0.1, 0.15) is 5.82 Å². The number of aromatic nitrogens is 3. The van der Waals surface area contributed by atoms with E-state index in [1.165, 1.54) is 36.5 Å². The highest BCUT2D eigenvalue weighted by atomic mass is 35.5. The molecule has 0 unspecified atom stereocenters. The fourth-order valence-corrected chi connectivity index (χ4v) is 4.04. The number of hydrogen-bond donors (Lipinski definition) is 2. The molecule has 0 spiro atoms. The van der Waals surface area contributed by atoms with Gasteiger partial charge in [0.25, 0.3) is 10.0 Å². The quantitative estimate of drug-likeness (QED) is 0.463. The van der Waals surface area contributed by atoms with Crippen LogP contribution in [0.2, 0.25) is 5.02 Å². The second-order valence-electron chi connectivity index (χ2n) is 6.26. The molecule has 10 heteroatoms. The molecule has 0 saturated carbocycles. The number of fused-ring (bicyclic) bond motifs is 1. The van der Waals surface area contributed by atoms with Crippen LogP contribution in [0.4, 0.5) is 16.0 Å². The summed E-state index contributed by atoms with van der Waals surface area (Å²) in [5.41, 5.74) is 1.21. The lowest BCUT2D eigenvalue weighted by molar-refractivity contribution is 0.600. The van der Waals surface area contributed by atoms with Crippen LogP contribution >= 0.6 is 11.6 Å². The number of rotatable bonds is 6. The highest BCUT2D eigenvalue weighted by Gasteiger charge is 2.19. The van der Waals surface area contributed by atoms with Crippen molar-refractivity contribution in [1.82, 2.24) is 15.0 Å². The maximum atomic E-state index is 13.9. The minimum Gasteiger partial charge on any atom is -0.361 e. The summed E-state index contributed by atoms with van der Waals surface area (Å²) in [6.45, 7) is -0.00835. The lowest BCUT2D eigenvalue weighted by Crippen LogP contribution is -2.17. The first-order chi connectivity index (χ1) is 14.4. The predicted molar refractivity (Wildman–Crippen MR) is 113 cm³/mol. The molecule has 4 aromatic rings. The molecule has 30 heavy (non-hydrogen) atoms. The molecule has 2 aromatic heterocycles. The number of nitrogens with zero attached hydrogens (tertiary/aromatic N) is 3. The number of sulfonamides is 1. The smallest absolute Gasteiger partial charge is 0.263 e. The molecule has 0 aliphatic rings. The molecule has 0 radical (unpaired) electrons. The van der Waals surface area contributed by atoms with Crippen molar-refractivity contribution in [3.8, 4) is 0 Å². The van der Waals surface area contributed by atoms with Crippen LogP contribution in [-0.4, -0.2) is 23.4 Å². The van der Waals surface area contributed by atoms with Gasteiger partial charge < -0.3 is 5.32 Å². The van der Waals surface area contributed by atoms with Crippen LogP contribution in [-0.2, 0) is 16.6 Å². The Balaban J connectivity index is 1.72. The van der Waals surface area contributed by atoms with Crippen molar-refractivity contribution in [2.24, 2.45) is 0 Å². The summed E-state index contributed by atoms with van der Waals surface area (Å²) in [4.78, 5) is 12.8. The van der Waals surface area contributed by atoms with Crippen molar-refractivity contribution in [2.75, 3.05) is 10.0 Å². The van der Waals surface area contributed by atoms with E-state index in [-0.39, 0.29) is 33.8 Å². The molecule has 2 aromatic carbocycles. The Hall–Kier alpha value is -3.30. The zero-order chi connectivity index (χ0) is 21.1. The van der Waals surface area contributed by atoms with Gasteiger partial charge in [0.15, 0.2) is 11.6 Å². The summed E-state index contributed by atoms with van der Waals surface area (Å²) < 4.78 is 42.0. The molecule has 2 N–H and O–H groups in total. The van der Waals surface area contributed by atoms with Gasteiger partial charge >= 0.3 is 0 Å². The molecule has 152 valence electrons. The Bertz CT molecular complexity index is 1330. The minimum atomic E-state index is -3.98. The maximum Gasteiger partial charge on any atom is 0.263 e. The zero-order valence-corrected chi connectivity index (χ0v) is 17.0. The van der Waals surface area contributed by atoms with E-state index in [2.05, 4.69) is 25.0 Å². The lowest BCUT2D eigenvalue weighted by Gasteiger charge is -2.14. The lowest BCUT2D eigenvalue weighted by atomic mass is 10.3. The van der Waals surface area contributed by atoms with Crippen molar-refractivity contribution in [1.29, 1.82) is 0 Å². The second-order valence-corrected chi connectivity index (χ2v) is 8.38. The molecular weight excluding hydrogens is 429 g/mol. The van der Waals surface area contributed by atoms with Gasteiger partial charge in [0.05, 0.1) is 28.2 Å². The Labute approximate surface area is 177 Å². The van der Waals surface area contributed by atoms with Crippen LogP contribution in [0.5, 0.6) is 0 Å². The summed E-state index contributed by atoms with van der Waals surface area (Å²) >= 11 is 5.92. The van der Waals surface area contributed by atoms with Crippen LogP contribution in [0.1, 0.15) is 5.69 Å². The van der Waals surface area contributed by atoms with Crippen molar-refractivity contribution in [3.05, 3.63) is 83.4 Å². The first-order valence-corrected chi connectivity index (χ1v) is 10.7. The van der Waals surface area contributed by atoms with Gasteiger partial charge in [-0.3, -0.25) is 9.71 Å². The van der Waals surface area contributed by atoms with E-state index in [1.807, 2.05) is 0 Å². The molecule has 0 aliphatic heterocycles. The summed E-state index contributed by atoms with van der Waals surface area (Å²) in [7, 11) is -3.98. The maximum absolute atomic E-state index is 13.9. The Kier molecular flexibility index (Phi) is 5.47. The summed E-state index contributed by atoms with van der Waals surface area (Å²) in [6, 6.07) is 15.6. The fraction of sp³-hybridized carbons (Fsp3) is 0.0500. The molecule has 7 nitrogen and oxygen atoms in total. The Morgan fingerprint density at radius 1 is 0.933 bits per heavy atom. The fourth-order valence-electron chi connectivity index (χ4n) is 2.73. The van der Waals surface area contributed by atoms with E-state index in [1.54, 1.807) is 30.3 Å². The molecular formula is C20H15ClFN5O2S. The normalized spacial score (nSPS) is 11.4. The van der Waals surface area contributed by atoms with Crippen molar-refractivity contribution in [3.63, 3.8) is 0 Å². The van der Waals surface area contributed by atoms with E-state index >= 15 is 0 Å². The van der Waals surface area contributed by atoms with E-state index in [4.69, 9.17) is 11.6 Å². The van der Waals surface area contributed by atoms with Crippen molar-refractivity contribution < 1.29 is 12.8 Å². The third-order valence-corrected chi connectivity index (χ3v) is 5.74. The largest absolute Gasteiger partial charge is 0.361 e. The first-order valence-electron chi connectivity index (χ1n) is 8.81. The minimum absolute atomic E-state index is 0.00835. The molecule has 4 rings (SSSR count). The molecule has 0 bridgehead atoms. The average Bonchev–Trinajstić information content (AvgIpc) is 2.73. The van der Waals surface area contributed by atoms with Crippen LogP contribution < -0.4 is 10.0 Å². The van der Waals surface area contributed by atoms with Crippen molar-refractivity contribution in [2.45, 2.75) is 11.4 Å². The number of benzene rings is 2. The summed E-state index contributed by atoms with van der Waals surface area (Å²) in [5.74, 6) is -0.367. The summed E-state index contributed by atoms with van der Waals surface area (Å²) in [5, 5.41) is 3.20. The Morgan fingerprint density at radius 3 is 2.37 bits per heavy atom. The van der Waals surface area contributed by atoms with Gasteiger partial charge in [-0.15, -0.1) is 0 Å². The topological polar surface area (TPSA) is 96.9 Å². The second kappa shape index (κ2) is 8.21. The number of pyridine rings is 1. The predicted octanol–water partition coefficient (Wildman–Crippen LogP) is 4.23. The number of nitrogens with one attached hydrogen (secondary N) is 2. The van der Waals surface area contributed by atoms with Crippen LogP contribution in [0, 0.1) is 5.82 Å². The van der Waals surface area contributed by atoms with Gasteiger partial charge in [-0.2, -0.15) is 0 Å². The monoisotopic (exact) mass is 443 g/mol. The van der Waals surface area contributed by atoms with E-state index < -0.39 is 15.8 Å². The SMILES string of the molecule is O=S(=O)(Nc1nc2ccccc2nc1NCc1ncccc1F)c1cccc(Cl)c1. The molecule has 0 saturated heterocycles. The molecule has 0 atom stereocenters. The average molecular weight is 444 g/mol. The first kappa shape index (κ1) is 20.0. The number of hydrogen-bond acceptors (Lipinski definition) is 6. The molecule has 0 aliphatic carbocycles. The number of para-hydroxylation sites is 2. The number of anilines is 2. The molecule has 0 amide bonds. The Morgan fingerprint density at radius 2 is 1.67 bits per heavy atom. The summed E-state index contributed by atoms with van der Waals surface area (Å²) in [6.07, 6.45) is 1.47. The van der Waals surface area contributed by atoms with Gasteiger partial charge in [-0.05, 0) is 42.5 Å². The highest BCUT2D eigenvalue weighted by Crippen LogP contribution is 2.25. The third-order valence-electron chi connectivity index (χ3n) is 4.17. The standard InChI is InChI=1S/C20H15ClFN5O2S/c21-13-5-3-6-14(11-13)30(28,29)27-20-19(24-12-18-15(22)7-4-10-23-18)25-16-8-1-2-9-17(16)26-20/h1-11H,12H2,(H,24,25)(H,26,27). The van der Waals surface area contributed by atoms with Crippen molar-refractivity contribution >= 4 is 44.3 Å². The van der Waals surface area contributed by atoms with E-state index in [0.717, 1.165) is 0 Å².